The minimum atomic E-state index is -4.42. The molecule has 2 N–H and O–H groups in total. The Morgan fingerprint density at radius 3 is 2.56 bits per heavy atom. The van der Waals surface area contributed by atoms with E-state index in [4.69, 9.17) is 5.73 Å². The molecular formula is C9H6F3N3S. The van der Waals surface area contributed by atoms with Gasteiger partial charge in [-0.15, -0.1) is 11.3 Å². The number of aromatic nitrogens is 2. The number of pyridine rings is 1. The van der Waals surface area contributed by atoms with Gasteiger partial charge < -0.3 is 5.73 Å². The van der Waals surface area contributed by atoms with Gasteiger partial charge in [-0.05, 0) is 6.07 Å². The molecule has 0 aliphatic heterocycles. The molecule has 0 aliphatic carbocycles. The number of alkyl halides is 3. The van der Waals surface area contributed by atoms with Crippen LogP contribution in [0.15, 0.2) is 24.7 Å². The van der Waals surface area contributed by atoms with Crippen molar-refractivity contribution in [2.45, 2.75) is 6.18 Å². The van der Waals surface area contributed by atoms with Crippen LogP contribution < -0.4 is 5.73 Å². The number of hydrogen-bond acceptors (Lipinski definition) is 4. The summed E-state index contributed by atoms with van der Waals surface area (Å²) in [6.45, 7) is 0. The molecule has 0 saturated carbocycles. The van der Waals surface area contributed by atoms with Gasteiger partial charge in [0.25, 0.3) is 0 Å². The maximum Gasteiger partial charge on any atom is 0.443 e. The number of rotatable bonds is 1. The fourth-order valence-electron chi connectivity index (χ4n) is 1.14. The maximum atomic E-state index is 12.3. The van der Waals surface area contributed by atoms with Crippen LogP contribution in [-0.4, -0.2) is 9.97 Å². The summed E-state index contributed by atoms with van der Waals surface area (Å²) in [5.41, 5.74) is 6.48. The molecule has 2 aromatic rings. The zero-order valence-electron chi connectivity index (χ0n) is 7.82. The van der Waals surface area contributed by atoms with E-state index < -0.39 is 11.2 Å². The summed E-state index contributed by atoms with van der Waals surface area (Å²) in [6, 6.07) is 1.53. The molecule has 2 aromatic heterocycles. The maximum absolute atomic E-state index is 12.3. The van der Waals surface area contributed by atoms with Crippen LogP contribution in [0, 0.1) is 0 Å². The van der Waals surface area contributed by atoms with Crippen LogP contribution in [-0.2, 0) is 6.18 Å². The van der Waals surface area contributed by atoms with Crippen molar-refractivity contribution in [3.8, 4) is 10.4 Å². The number of hydrogen-bond donors (Lipinski definition) is 1. The molecule has 0 atom stereocenters. The molecule has 0 fully saturated rings. The highest BCUT2D eigenvalue weighted by Gasteiger charge is 2.34. The number of halogens is 3. The second kappa shape index (κ2) is 3.75. The van der Waals surface area contributed by atoms with E-state index in [1.807, 2.05) is 0 Å². The Kier molecular flexibility index (Phi) is 2.55. The van der Waals surface area contributed by atoms with Crippen LogP contribution in [0.25, 0.3) is 10.4 Å². The Hall–Kier alpha value is -1.63. The minimum absolute atomic E-state index is 0.359. The van der Waals surface area contributed by atoms with Crippen molar-refractivity contribution in [2.75, 3.05) is 5.73 Å². The first-order valence-electron chi connectivity index (χ1n) is 4.21. The molecule has 0 unspecified atom stereocenters. The van der Waals surface area contributed by atoms with Crippen molar-refractivity contribution in [2.24, 2.45) is 0 Å². The Balaban J connectivity index is 2.44. The normalized spacial score (nSPS) is 11.7. The van der Waals surface area contributed by atoms with Crippen LogP contribution in [0.4, 0.5) is 18.9 Å². The van der Waals surface area contributed by atoms with Gasteiger partial charge in [-0.3, -0.25) is 4.98 Å². The average Bonchev–Trinajstić information content (AvgIpc) is 2.66. The number of thiazole rings is 1. The van der Waals surface area contributed by atoms with Gasteiger partial charge in [0, 0.05) is 29.8 Å². The summed E-state index contributed by atoms with van der Waals surface area (Å²) < 4.78 is 37.0. The molecule has 84 valence electrons. The van der Waals surface area contributed by atoms with Crippen LogP contribution in [0.1, 0.15) is 5.01 Å². The molecule has 2 heterocycles. The van der Waals surface area contributed by atoms with E-state index in [0.717, 1.165) is 6.20 Å². The summed E-state index contributed by atoms with van der Waals surface area (Å²) in [5.74, 6) is 0. The summed E-state index contributed by atoms with van der Waals surface area (Å²) in [5, 5.41) is -0.884. The summed E-state index contributed by atoms with van der Waals surface area (Å²) >= 11 is 0.551. The first kappa shape index (κ1) is 10.9. The summed E-state index contributed by atoms with van der Waals surface area (Å²) in [7, 11) is 0. The number of nitrogen functional groups attached to an aromatic ring is 1. The van der Waals surface area contributed by atoms with Gasteiger partial charge in [-0.2, -0.15) is 13.2 Å². The van der Waals surface area contributed by atoms with Gasteiger partial charge >= 0.3 is 6.18 Å². The third-order valence-corrected chi connectivity index (χ3v) is 2.94. The molecule has 0 aliphatic rings. The molecule has 0 radical (unpaired) electrons. The lowest BCUT2D eigenvalue weighted by atomic mass is 10.2. The molecule has 0 aromatic carbocycles. The van der Waals surface area contributed by atoms with Crippen molar-refractivity contribution in [3.63, 3.8) is 0 Å². The fourth-order valence-corrected chi connectivity index (χ4v) is 1.96. The van der Waals surface area contributed by atoms with E-state index in [2.05, 4.69) is 9.97 Å². The van der Waals surface area contributed by atoms with Crippen molar-refractivity contribution in [1.29, 1.82) is 0 Å². The Morgan fingerprint density at radius 1 is 1.25 bits per heavy atom. The highest BCUT2D eigenvalue weighted by atomic mass is 32.1. The Morgan fingerprint density at radius 2 is 2.00 bits per heavy atom. The van der Waals surface area contributed by atoms with Crippen molar-refractivity contribution >= 4 is 17.0 Å². The van der Waals surface area contributed by atoms with E-state index in [-0.39, 0.29) is 0 Å². The monoisotopic (exact) mass is 245 g/mol. The van der Waals surface area contributed by atoms with Crippen LogP contribution in [0.2, 0.25) is 0 Å². The van der Waals surface area contributed by atoms with E-state index in [9.17, 15) is 13.2 Å². The largest absolute Gasteiger partial charge is 0.443 e. The van der Waals surface area contributed by atoms with E-state index in [1.165, 1.54) is 18.5 Å². The second-order valence-corrected chi connectivity index (χ2v) is 4.02. The zero-order chi connectivity index (χ0) is 11.8. The highest BCUT2D eigenvalue weighted by Crippen LogP contribution is 2.37. The van der Waals surface area contributed by atoms with Gasteiger partial charge in [0.2, 0.25) is 0 Å². The molecule has 2 rings (SSSR count). The fraction of sp³-hybridized carbons (Fsp3) is 0.111. The Bertz CT molecular complexity index is 507. The van der Waals surface area contributed by atoms with Gasteiger partial charge in [0.1, 0.15) is 0 Å². The molecule has 0 spiro atoms. The van der Waals surface area contributed by atoms with E-state index in [1.54, 1.807) is 0 Å². The number of nitrogens with two attached hydrogens (primary N) is 1. The molecule has 0 bridgehead atoms. The smallest absolute Gasteiger partial charge is 0.398 e. The minimum Gasteiger partial charge on any atom is -0.398 e. The average molecular weight is 245 g/mol. The molecule has 0 amide bonds. The number of anilines is 1. The first-order chi connectivity index (χ1) is 7.48. The van der Waals surface area contributed by atoms with Crippen molar-refractivity contribution < 1.29 is 13.2 Å². The van der Waals surface area contributed by atoms with Gasteiger partial charge in [-0.25, -0.2) is 4.98 Å². The standard InChI is InChI=1S/C9H6F3N3S/c10-9(11,12)8-15-4-7(16-8)5-3-14-2-1-6(5)13/h1-4H,(H2,13,14). The lowest BCUT2D eigenvalue weighted by Crippen LogP contribution is -2.02. The van der Waals surface area contributed by atoms with Gasteiger partial charge in [0.15, 0.2) is 5.01 Å². The molecule has 3 nitrogen and oxygen atoms in total. The first-order valence-corrected chi connectivity index (χ1v) is 5.03. The van der Waals surface area contributed by atoms with Crippen LogP contribution in [0.3, 0.4) is 0 Å². The highest BCUT2D eigenvalue weighted by molar-refractivity contribution is 7.15. The lowest BCUT2D eigenvalue weighted by Gasteiger charge is -2.01. The molecular weight excluding hydrogens is 239 g/mol. The third-order valence-electron chi connectivity index (χ3n) is 1.87. The predicted octanol–water partition coefficient (Wildman–Crippen LogP) is 2.81. The third kappa shape index (κ3) is 1.99. The summed E-state index contributed by atoms with van der Waals surface area (Å²) in [4.78, 5) is 7.49. The topological polar surface area (TPSA) is 51.8 Å². The quantitative estimate of drug-likeness (QED) is 0.840. The van der Waals surface area contributed by atoms with Gasteiger partial charge in [-0.1, -0.05) is 0 Å². The van der Waals surface area contributed by atoms with Gasteiger partial charge in [0.05, 0.1) is 4.88 Å². The van der Waals surface area contributed by atoms with Crippen molar-refractivity contribution in [3.05, 3.63) is 29.7 Å². The number of nitrogens with zero attached hydrogens (tertiary/aromatic N) is 2. The van der Waals surface area contributed by atoms with Crippen LogP contribution in [0.5, 0.6) is 0 Å². The second-order valence-electron chi connectivity index (χ2n) is 2.99. The molecule has 16 heavy (non-hydrogen) atoms. The molecule has 0 saturated heterocycles. The molecule has 7 heteroatoms. The zero-order valence-corrected chi connectivity index (χ0v) is 8.64. The predicted molar refractivity (Wildman–Crippen MR) is 54.8 cm³/mol. The SMILES string of the molecule is Nc1ccncc1-c1cnc(C(F)(F)F)s1. The summed E-state index contributed by atoms with van der Waals surface area (Å²) in [6.07, 6.45) is -0.367. The lowest BCUT2D eigenvalue weighted by molar-refractivity contribution is -0.137. The van der Waals surface area contributed by atoms with E-state index >= 15 is 0 Å². The van der Waals surface area contributed by atoms with Crippen molar-refractivity contribution in [1.82, 2.24) is 9.97 Å². The van der Waals surface area contributed by atoms with E-state index in [0.29, 0.717) is 27.5 Å². The Labute approximate surface area is 92.8 Å². The van der Waals surface area contributed by atoms with Crippen LogP contribution >= 0.6 is 11.3 Å².